The maximum Gasteiger partial charge on any atom is 0.325 e. The Morgan fingerprint density at radius 2 is 1.69 bits per heavy atom. The number of nitrogens with one attached hydrogen (secondary N) is 3. The molecule has 1 fully saturated rings. The summed E-state index contributed by atoms with van der Waals surface area (Å²) in [5.74, 6) is -1.02. The number of anilines is 2. The summed E-state index contributed by atoms with van der Waals surface area (Å²) in [7, 11) is 1.70. The highest BCUT2D eigenvalue weighted by atomic mass is 16.2. The Labute approximate surface area is 185 Å². The second kappa shape index (κ2) is 8.54. The lowest BCUT2D eigenvalue weighted by Gasteiger charge is -2.37. The van der Waals surface area contributed by atoms with E-state index in [0.717, 1.165) is 5.56 Å². The molecule has 2 atom stereocenters. The Kier molecular flexibility index (Phi) is 5.63. The summed E-state index contributed by atoms with van der Waals surface area (Å²) in [6, 6.07) is 14.0. The van der Waals surface area contributed by atoms with Crippen molar-refractivity contribution in [3.05, 3.63) is 71.9 Å². The third-order valence-corrected chi connectivity index (χ3v) is 5.36. The van der Waals surface area contributed by atoms with E-state index in [1.165, 1.54) is 11.8 Å². The van der Waals surface area contributed by atoms with Crippen LogP contribution < -0.4 is 16.0 Å². The Morgan fingerprint density at radius 1 is 1.00 bits per heavy atom. The average molecular weight is 433 g/mol. The van der Waals surface area contributed by atoms with Crippen molar-refractivity contribution < 1.29 is 19.2 Å². The van der Waals surface area contributed by atoms with E-state index in [1.807, 2.05) is 30.3 Å². The first-order chi connectivity index (χ1) is 15.3. The highest BCUT2D eigenvalue weighted by molar-refractivity contribution is 6.09. The topological polar surface area (TPSA) is 111 Å². The second-order valence-corrected chi connectivity index (χ2v) is 7.75. The van der Waals surface area contributed by atoms with Crippen LogP contribution in [0.2, 0.25) is 0 Å². The van der Waals surface area contributed by atoms with E-state index in [1.54, 1.807) is 42.4 Å². The predicted octanol–water partition coefficient (Wildman–Crippen LogP) is 1.90. The van der Waals surface area contributed by atoms with Gasteiger partial charge in [0.2, 0.25) is 5.91 Å². The number of likely N-dealkylation sites (N-methyl/N-ethyl adjacent to an activating group) is 1. The molecule has 9 nitrogen and oxygen atoms in total. The van der Waals surface area contributed by atoms with E-state index in [4.69, 9.17) is 0 Å². The highest BCUT2D eigenvalue weighted by Gasteiger charge is 2.49. The van der Waals surface area contributed by atoms with Crippen LogP contribution in [0, 0.1) is 0 Å². The van der Waals surface area contributed by atoms with Gasteiger partial charge in [-0.25, -0.2) is 4.79 Å². The number of urea groups is 1. The van der Waals surface area contributed by atoms with Crippen molar-refractivity contribution >= 4 is 35.1 Å². The molecule has 0 bridgehead atoms. The molecule has 2 heterocycles. The number of nitrogens with zero attached hydrogens (tertiary/aromatic N) is 2. The Hall–Kier alpha value is -4.14. The quantitative estimate of drug-likeness (QED) is 0.667. The first kappa shape index (κ1) is 21.1. The fourth-order valence-electron chi connectivity index (χ4n) is 3.93. The number of rotatable bonds is 5. The maximum absolute atomic E-state index is 13.1. The van der Waals surface area contributed by atoms with Crippen LogP contribution in [0.4, 0.5) is 16.2 Å². The summed E-state index contributed by atoms with van der Waals surface area (Å²) < 4.78 is 0. The van der Waals surface area contributed by atoms with Gasteiger partial charge in [0, 0.05) is 31.5 Å². The third-order valence-electron chi connectivity index (χ3n) is 5.36. The number of carbonyl (C=O) groups excluding carboxylic acids is 4. The molecule has 0 aromatic heterocycles. The molecule has 0 radical (unpaired) electrons. The predicted molar refractivity (Wildman–Crippen MR) is 118 cm³/mol. The van der Waals surface area contributed by atoms with Gasteiger partial charge in [0.1, 0.15) is 6.04 Å². The standard InChI is InChI=1S/C23H23N5O4/c1-14(29)24-16-9-6-10-17(11-16)25-21(30)18-13-27(2)20-19(18)26-23(32)28(22(20)31)12-15-7-4-3-5-8-15/h3-11,13,19-20H,12H2,1-2H3,(H,24,29)(H,25,30)(H,26,32). The van der Waals surface area contributed by atoms with Gasteiger partial charge >= 0.3 is 6.03 Å². The monoisotopic (exact) mass is 433 g/mol. The van der Waals surface area contributed by atoms with Crippen molar-refractivity contribution in [3.8, 4) is 0 Å². The van der Waals surface area contributed by atoms with Crippen LogP contribution in [0.25, 0.3) is 0 Å². The number of hydrogen-bond acceptors (Lipinski definition) is 5. The Bertz CT molecular complexity index is 1110. The fourth-order valence-corrected chi connectivity index (χ4v) is 3.93. The van der Waals surface area contributed by atoms with E-state index in [0.29, 0.717) is 11.4 Å². The minimum atomic E-state index is -0.759. The van der Waals surface area contributed by atoms with Crippen LogP contribution >= 0.6 is 0 Å². The fraction of sp³-hybridized carbons (Fsp3) is 0.217. The number of hydrogen-bond donors (Lipinski definition) is 3. The number of imide groups is 1. The van der Waals surface area contributed by atoms with Crippen molar-refractivity contribution in [3.63, 3.8) is 0 Å². The minimum absolute atomic E-state index is 0.153. The molecule has 5 amide bonds. The van der Waals surface area contributed by atoms with Crippen LogP contribution in [0.5, 0.6) is 0 Å². The van der Waals surface area contributed by atoms with E-state index < -0.39 is 24.0 Å². The molecule has 2 aliphatic heterocycles. The van der Waals surface area contributed by atoms with Crippen LogP contribution in [-0.2, 0) is 20.9 Å². The van der Waals surface area contributed by atoms with Crippen LogP contribution in [-0.4, -0.2) is 52.7 Å². The Morgan fingerprint density at radius 3 is 2.38 bits per heavy atom. The van der Waals surface area contributed by atoms with Crippen molar-refractivity contribution in [2.45, 2.75) is 25.6 Å². The minimum Gasteiger partial charge on any atom is -0.366 e. The number of fused-ring (bicyclic) bond motifs is 1. The van der Waals surface area contributed by atoms with Gasteiger partial charge in [0.25, 0.3) is 11.8 Å². The van der Waals surface area contributed by atoms with Gasteiger partial charge in [-0.15, -0.1) is 0 Å². The molecular weight excluding hydrogens is 410 g/mol. The molecular formula is C23H23N5O4. The summed E-state index contributed by atoms with van der Waals surface area (Å²) in [4.78, 5) is 52.9. The van der Waals surface area contributed by atoms with Gasteiger partial charge in [0.15, 0.2) is 0 Å². The largest absolute Gasteiger partial charge is 0.366 e. The molecule has 3 N–H and O–H groups in total. The summed E-state index contributed by atoms with van der Waals surface area (Å²) in [5, 5.41) is 8.23. The lowest BCUT2D eigenvalue weighted by molar-refractivity contribution is -0.135. The van der Waals surface area contributed by atoms with E-state index in [2.05, 4.69) is 16.0 Å². The van der Waals surface area contributed by atoms with E-state index in [9.17, 15) is 19.2 Å². The number of carbonyl (C=O) groups is 4. The summed E-state index contributed by atoms with van der Waals surface area (Å²) in [5.41, 5.74) is 2.14. The van der Waals surface area contributed by atoms with E-state index >= 15 is 0 Å². The first-order valence-corrected chi connectivity index (χ1v) is 10.1. The number of benzene rings is 2. The molecule has 2 aromatic carbocycles. The maximum atomic E-state index is 13.1. The first-order valence-electron chi connectivity index (χ1n) is 10.1. The molecule has 2 aliphatic rings. The van der Waals surface area contributed by atoms with Gasteiger partial charge in [-0.1, -0.05) is 36.4 Å². The van der Waals surface area contributed by atoms with Gasteiger partial charge in [-0.2, -0.15) is 0 Å². The van der Waals surface area contributed by atoms with Crippen molar-refractivity contribution in [2.24, 2.45) is 0 Å². The highest BCUT2D eigenvalue weighted by Crippen LogP contribution is 2.28. The molecule has 1 saturated heterocycles. The lowest BCUT2D eigenvalue weighted by atomic mass is 9.99. The van der Waals surface area contributed by atoms with Gasteiger partial charge in [-0.3, -0.25) is 19.3 Å². The van der Waals surface area contributed by atoms with Crippen LogP contribution in [0.3, 0.4) is 0 Å². The van der Waals surface area contributed by atoms with Gasteiger partial charge < -0.3 is 20.9 Å². The summed E-state index contributed by atoms with van der Waals surface area (Å²) >= 11 is 0. The van der Waals surface area contributed by atoms with Crippen LogP contribution in [0.15, 0.2) is 66.4 Å². The van der Waals surface area contributed by atoms with Gasteiger partial charge in [-0.05, 0) is 23.8 Å². The van der Waals surface area contributed by atoms with Crippen molar-refractivity contribution in [1.29, 1.82) is 0 Å². The molecule has 2 unspecified atom stereocenters. The zero-order valence-corrected chi connectivity index (χ0v) is 17.7. The molecule has 32 heavy (non-hydrogen) atoms. The molecule has 9 heteroatoms. The summed E-state index contributed by atoms with van der Waals surface area (Å²) in [6.07, 6.45) is 1.58. The summed E-state index contributed by atoms with van der Waals surface area (Å²) in [6.45, 7) is 1.55. The molecule has 2 aromatic rings. The molecule has 0 saturated carbocycles. The molecule has 164 valence electrons. The van der Waals surface area contributed by atoms with E-state index in [-0.39, 0.29) is 23.9 Å². The molecule has 4 rings (SSSR count). The average Bonchev–Trinajstić information content (AvgIpc) is 3.08. The second-order valence-electron chi connectivity index (χ2n) is 7.75. The third kappa shape index (κ3) is 4.18. The smallest absolute Gasteiger partial charge is 0.325 e. The zero-order valence-electron chi connectivity index (χ0n) is 17.7. The lowest BCUT2D eigenvalue weighted by Crippen LogP contribution is -2.64. The molecule has 0 spiro atoms. The zero-order chi connectivity index (χ0) is 22.8. The SMILES string of the molecule is CC(=O)Nc1cccc(NC(=O)C2=CN(C)C3C(=O)N(Cc4ccccc4)C(=O)NC23)c1. The Balaban J connectivity index is 1.49. The van der Waals surface area contributed by atoms with Crippen molar-refractivity contribution in [2.75, 3.05) is 17.7 Å². The van der Waals surface area contributed by atoms with Crippen LogP contribution in [0.1, 0.15) is 12.5 Å². The normalized spacial score (nSPS) is 19.8. The van der Waals surface area contributed by atoms with Crippen molar-refractivity contribution in [1.82, 2.24) is 15.1 Å². The number of amides is 5. The molecule has 0 aliphatic carbocycles. The van der Waals surface area contributed by atoms with Gasteiger partial charge in [0.05, 0.1) is 18.2 Å².